The van der Waals surface area contributed by atoms with Crippen LogP contribution in [-0.2, 0) is 6.54 Å². The number of rotatable bonds is 3. The van der Waals surface area contributed by atoms with E-state index in [0.29, 0.717) is 6.54 Å². The lowest BCUT2D eigenvalue weighted by Gasteiger charge is -2.29. The van der Waals surface area contributed by atoms with Crippen LogP contribution in [0.15, 0.2) is 9.59 Å². The Labute approximate surface area is 92.3 Å². The molecule has 1 aliphatic carbocycles. The van der Waals surface area contributed by atoms with Crippen molar-refractivity contribution in [2.75, 3.05) is 6.61 Å². The van der Waals surface area contributed by atoms with Crippen molar-refractivity contribution in [3.05, 3.63) is 21.0 Å². The molecule has 1 aromatic heterocycles. The van der Waals surface area contributed by atoms with Gasteiger partial charge in [-0.05, 0) is 24.7 Å². The van der Waals surface area contributed by atoms with Crippen molar-refractivity contribution in [1.82, 2.24) is 14.8 Å². The SMILES string of the molecule is O=c1[nH][nH]c(=O)n1CC1CCCCC1CO. The molecule has 0 aliphatic heterocycles. The van der Waals surface area contributed by atoms with Gasteiger partial charge in [-0.15, -0.1) is 0 Å². The van der Waals surface area contributed by atoms with E-state index >= 15 is 0 Å². The van der Waals surface area contributed by atoms with Crippen LogP contribution >= 0.6 is 0 Å². The highest BCUT2D eigenvalue weighted by molar-refractivity contribution is 4.77. The maximum Gasteiger partial charge on any atom is 0.344 e. The van der Waals surface area contributed by atoms with Crippen LogP contribution in [0.3, 0.4) is 0 Å². The number of hydrogen-bond donors (Lipinski definition) is 3. The molecule has 2 unspecified atom stereocenters. The highest BCUT2D eigenvalue weighted by Crippen LogP contribution is 2.30. The van der Waals surface area contributed by atoms with E-state index in [1.54, 1.807) is 0 Å². The van der Waals surface area contributed by atoms with Gasteiger partial charge < -0.3 is 5.11 Å². The first-order valence-corrected chi connectivity index (χ1v) is 5.70. The second kappa shape index (κ2) is 4.69. The minimum Gasteiger partial charge on any atom is -0.396 e. The lowest BCUT2D eigenvalue weighted by molar-refractivity contribution is 0.122. The van der Waals surface area contributed by atoms with Crippen molar-refractivity contribution >= 4 is 0 Å². The Bertz CT molecular complexity index is 417. The van der Waals surface area contributed by atoms with Crippen LogP contribution in [0.5, 0.6) is 0 Å². The summed E-state index contributed by atoms with van der Waals surface area (Å²) in [6.07, 6.45) is 4.19. The van der Waals surface area contributed by atoms with Gasteiger partial charge in [-0.3, -0.25) is 0 Å². The minimum atomic E-state index is -0.396. The predicted molar refractivity (Wildman–Crippen MR) is 58.2 cm³/mol. The molecule has 6 nitrogen and oxygen atoms in total. The fourth-order valence-corrected chi connectivity index (χ4v) is 2.50. The number of aromatic nitrogens is 3. The van der Waals surface area contributed by atoms with E-state index in [-0.39, 0.29) is 18.4 Å². The molecule has 0 aromatic carbocycles. The molecular formula is C10H17N3O3. The first-order chi connectivity index (χ1) is 7.72. The molecular weight excluding hydrogens is 210 g/mol. The third-order valence-electron chi connectivity index (χ3n) is 3.48. The number of aliphatic hydroxyl groups excluding tert-OH is 1. The number of nitrogens with one attached hydrogen (secondary N) is 2. The number of aromatic amines is 2. The summed E-state index contributed by atoms with van der Waals surface area (Å²) < 4.78 is 1.18. The van der Waals surface area contributed by atoms with Gasteiger partial charge in [0.25, 0.3) is 0 Å². The zero-order valence-electron chi connectivity index (χ0n) is 9.11. The van der Waals surface area contributed by atoms with Gasteiger partial charge in [0.05, 0.1) is 0 Å². The lowest BCUT2D eigenvalue weighted by atomic mass is 9.79. The average molecular weight is 227 g/mol. The molecule has 1 fully saturated rings. The lowest BCUT2D eigenvalue weighted by Crippen LogP contribution is -2.34. The van der Waals surface area contributed by atoms with E-state index in [0.717, 1.165) is 25.7 Å². The average Bonchev–Trinajstić information content (AvgIpc) is 2.61. The normalized spacial score (nSPS) is 25.8. The summed E-state index contributed by atoms with van der Waals surface area (Å²) in [6.45, 7) is 0.546. The van der Waals surface area contributed by atoms with Gasteiger partial charge >= 0.3 is 11.4 Å². The third kappa shape index (κ3) is 2.11. The van der Waals surface area contributed by atoms with Crippen LogP contribution in [0.25, 0.3) is 0 Å². The van der Waals surface area contributed by atoms with Crippen molar-refractivity contribution in [1.29, 1.82) is 0 Å². The van der Waals surface area contributed by atoms with Crippen LogP contribution in [0, 0.1) is 11.8 Å². The van der Waals surface area contributed by atoms with Crippen molar-refractivity contribution < 1.29 is 5.11 Å². The fraction of sp³-hybridized carbons (Fsp3) is 0.800. The molecule has 2 rings (SSSR count). The van der Waals surface area contributed by atoms with Crippen LogP contribution in [0.2, 0.25) is 0 Å². The smallest absolute Gasteiger partial charge is 0.344 e. The maximum atomic E-state index is 11.3. The van der Waals surface area contributed by atoms with Gasteiger partial charge in [-0.1, -0.05) is 12.8 Å². The highest BCUT2D eigenvalue weighted by Gasteiger charge is 2.25. The molecule has 90 valence electrons. The standard InChI is InChI=1S/C10H17N3O3/c14-6-8-4-2-1-3-7(8)5-13-9(15)11-12-10(13)16/h7-8,14H,1-6H2,(H,11,15)(H,12,16). The summed E-state index contributed by atoms with van der Waals surface area (Å²) in [5.41, 5.74) is -0.792. The number of nitrogens with zero attached hydrogens (tertiary/aromatic N) is 1. The van der Waals surface area contributed by atoms with Crippen LogP contribution in [0.4, 0.5) is 0 Å². The maximum absolute atomic E-state index is 11.3. The van der Waals surface area contributed by atoms with Crippen LogP contribution in [0.1, 0.15) is 25.7 Å². The fourth-order valence-electron chi connectivity index (χ4n) is 2.50. The molecule has 6 heteroatoms. The molecule has 16 heavy (non-hydrogen) atoms. The molecule has 1 saturated carbocycles. The zero-order valence-corrected chi connectivity index (χ0v) is 9.11. The molecule has 3 N–H and O–H groups in total. The summed E-state index contributed by atoms with van der Waals surface area (Å²) in [5, 5.41) is 13.8. The molecule has 1 aromatic rings. The van der Waals surface area contributed by atoms with E-state index in [4.69, 9.17) is 0 Å². The summed E-state index contributed by atoms with van der Waals surface area (Å²) in [4.78, 5) is 22.6. The molecule has 1 aliphatic rings. The van der Waals surface area contributed by atoms with Gasteiger partial charge in [0.2, 0.25) is 0 Å². The first-order valence-electron chi connectivity index (χ1n) is 5.70. The van der Waals surface area contributed by atoms with Crippen LogP contribution in [-0.4, -0.2) is 26.5 Å². The largest absolute Gasteiger partial charge is 0.396 e. The van der Waals surface area contributed by atoms with Gasteiger partial charge in [-0.25, -0.2) is 24.4 Å². The molecule has 0 amide bonds. The quantitative estimate of drug-likeness (QED) is 0.660. The number of H-pyrrole nitrogens is 2. The Balaban J connectivity index is 2.14. The third-order valence-corrected chi connectivity index (χ3v) is 3.48. The monoisotopic (exact) mass is 227 g/mol. The van der Waals surface area contributed by atoms with Gasteiger partial charge in [-0.2, -0.15) is 0 Å². The number of aliphatic hydroxyl groups is 1. The predicted octanol–water partition coefficient (Wildman–Crippen LogP) is -0.337. The Hall–Kier alpha value is -1.30. The van der Waals surface area contributed by atoms with Gasteiger partial charge in [0.1, 0.15) is 0 Å². The summed E-state index contributed by atoms with van der Waals surface area (Å²) in [5.74, 6) is 0.447. The molecule has 0 radical (unpaired) electrons. The van der Waals surface area contributed by atoms with E-state index in [1.165, 1.54) is 4.57 Å². The van der Waals surface area contributed by atoms with Gasteiger partial charge in [0.15, 0.2) is 0 Å². The molecule has 0 spiro atoms. The summed E-state index contributed by atoms with van der Waals surface area (Å²) in [7, 11) is 0. The van der Waals surface area contributed by atoms with Gasteiger partial charge in [0, 0.05) is 13.2 Å². The Kier molecular flexibility index (Phi) is 3.28. The molecule has 1 heterocycles. The van der Waals surface area contributed by atoms with E-state index in [9.17, 15) is 14.7 Å². The van der Waals surface area contributed by atoms with E-state index in [1.807, 2.05) is 0 Å². The molecule has 0 saturated heterocycles. The molecule has 0 bridgehead atoms. The zero-order chi connectivity index (χ0) is 11.5. The van der Waals surface area contributed by atoms with Crippen LogP contribution < -0.4 is 11.4 Å². The second-order valence-electron chi connectivity index (χ2n) is 4.46. The van der Waals surface area contributed by atoms with Crippen molar-refractivity contribution in [2.24, 2.45) is 11.8 Å². The number of hydrogen-bond acceptors (Lipinski definition) is 3. The first kappa shape index (κ1) is 11.2. The van der Waals surface area contributed by atoms with Crippen molar-refractivity contribution in [2.45, 2.75) is 32.2 Å². The van der Waals surface area contributed by atoms with Crippen molar-refractivity contribution in [3.8, 4) is 0 Å². The van der Waals surface area contributed by atoms with Crippen molar-refractivity contribution in [3.63, 3.8) is 0 Å². The van der Waals surface area contributed by atoms with E-state index < -0.39 is 11.4 Å². The molecule has 2 atom stereocenters. The highest BCUT2D eigenvalue weighted by atomic mass is 16.3. The Morgan fingerprint density at radius 3 is 2.25 bits per heavy atom. The topological polar surface area (TPSA) is 90.9 Å². The summed E-state index contributed by atoms with van der Waals surface area (Å²) in [6, 6.07) is 0. The Morgan fingerprint density at radius 2 is 1.69 bits per heavy atom. The summed E-state index contributed by atoms with van der Waals surface area (Å²) >= 11 is 0. The second-order valence-corrected chi connectivity index (χ2v) is 4.46. The van der Waals surface area contributed by atoms with E-state index in [2.05, 4.69) is 10.2 Å². The Morgan fingerprint density at radius 1 is 1.12 bits per heavy atom. The minimum absolute atomic E-state index is 0.141.